The second-order valence-electron chi connectivity index (χ2n) is 12.1. The van der Waals surface area contributed by atoms with Gasteiger partial charge in [-0.1, -0.05) is 81.7 Å². The number of fused-ring (bicyclic) bond motifs is 2. The number of amides is 2. The number of esters is 1. The number of nitrogens with zero attached hydrogens (tertiary/aromatic N) is 4. The molecule has 10 heteroatoms. The van der Waals surface area contributed by atoms with Gasteiger partial charge in [0.15, 0.2) is 0 Å². The van der Waals surface area contributed by atoms with Crippen molar-refractivity contribution in [3.63, 3.8) is 0 Å². The number of piperazine rings is 1. The van der Waals surface area contributed by atoms with Gasteiger partial charge in [0.1, 0.15) is 5.82 Å². The average molecular weight is 653 g/mol. The first-order valence-electron chi connectivity index (χ1n) is 16.6. The molecule has 0 saturated carbocycles. The molecular formula is C35H45ClN4O4S. The zero-order valence-corrected chi connectivity index (χ0v) is 28.0. The van der Waals surface area contributed by atoms with Crippen LogP contribution < -0.4 is 9.80 Å². The van der Waals surface area contributed by atoms with Crippen LogP contribution in [0.3, 0.4) is 0 Å². The molecule has 242 valence electrons. The molecule has 2 aliphatic rings. The number of imide groups is 1. The van der Waals surface area contributed by atoms with Gasteiger partial charge < -0.3 is 9.64 Å². The van der Waals surface area contributed by atoms with E-state index in [1.54, 1.807) is 17.6 Å². The fourth-order valence-corrected chi connectivity index (χ4v) is 7.28. The number of rotatable bonds is 16. The Morgan fingerprint density at radius 2 is 1.69 bits per heavy atom. The van der Waals surface area contributed by atoms with Crippen molar-refractivity contribution in [2.24, 2.45) is 0 Å². The van der Waals surface area contributed by atoms with Crippen molar-refractivity contribution < 1.29 is 19.1 Å². The zero-order valence-electron chi connectivity index (χ0n) is 26.4. The lowest BCUT2D eigenvalue weighted by atomic mass is 10.0. The number of benzene rings is 2. The van der Waals surface area contributed by atoms with Crippen LogP contribution in [0.2, 0.25) is 5.02 Å². The highest BCUT2D eigenvalue weighted by atomic mass is 35.5. The van der Waals surface area contributed by atoms with E-state index in [0.29, 0.717) is 17.3 Å². The summed E-state index contributed by atoms with van der Waals surface area (Å²) in [6.07, 6.45) is 10.2. The van der Waals surface area contributed by atoms with Crippen LogP contribution in [-0.4, -0.2) is 66.4 Å². The van der Waals surface area contributed by atoms with Crippen LogP contribution in [0, 0.1) is 0 Å². The third kappa shape index (κ3) is 8.83. The number of halogens is 1. The molecule has 1 fully saturated rings. The summed E-state index contributed by atoms with van der Waals surface area (Å²) in [5.74, 6) is 0.0160. The second-order valence-corrected chi connectivity index (χ2v) is 13.4. The molecule has 0 unspecified atom stereocenters. The van der Waals surface area contributed by atoms with Gasteiger partial charge in [0, 0.05) is 49.6 Å². The number of aromatic nitrogens is 1. The second kappa shape index (κ2) is 16.5. The van der Waals surface area contributed by atoms with Crippen molar-refractivity contribution in [1.82, 2.24) is 9.27 Å². The van der Waals surface area contributed by atoms with Gasteiger partial charge >= 0.3 is 5.97 Å². The van der Waals surface area contributed by atoms with E-state index in [1.807, 2.05) is 6.07 Å². The van der Waals surface area contributed by atoms with Gasteiger partial charge in [-0.3, -0.25) is 19.3 Å². The monoisotopic (exact) mass is 652 g/mol. The van der Waals surface area contributed by atoms with Crippen LogP contribution in [0.15, 0.2) is 36.4 Å². The number of carbonyl (C=O) groups excluding carboxylic acids is 3. The zero-order chi connectivity index (χ0) is 31.6. The van der Waals surface area contributed by atoms with Crippen molar-refractivity contribution >= 4 is 62.5 Å². The van der Waals surface area contributed by atoms with Crippen molar-refractivity contribution in [2.75, 3.05) is 49.1 Å². The van der Waals surface area contributed by atoms with E-state index in [2.05, 4.69) is 41.0 Å². The molecule has 2 aromatic carbocycles. The van der Waals surface area contributed by atoms with Gasteiger partial charge in [-0.15, -0.1) is 0 Å². The minimum Gasteiger partial charge on any atom is -0.466 e. The maximum absolute atomic E-state index is 13.0. The first-order valence-corrected chi connectivity index (χ1v) is 17.7. The van der Waals surface area contributed by atoms with E-state index in [-0.39, 0.29) is 25.2 Å². The highest BCUT2D eigenvalue weighted by molar-refractivity contribution is 7.13. The van der Waals surface area contributed by atoms with E-state index in [9.17, 15) is 14.4 Å². The molecule has 2 amide bonds. The van der Waals surface area contributed by atoms with Gasteiger partial charge in [0.25, 0.3) is 0 Å². The fourth-order valence-electron chi connectivity index (χ4n) is 6.23. The summed E-state index contributed by atoms with van der Waals surface area (Å²) in [5.41, 5.74) is 2.33. The summed E-state index contributed by atoms with van der Waals surface area (Å²) in [5, 5.41) is 1.77. The highest BCUT2D eigenvalue weighted by Gasteiger charge is 2.33. The van der Waals surface area contributed by atoms with Crippen molar-refractivity contribution in [3.05, 3.63) is 52.5 Å². The molecule has 3 aromatic rings. The maximum atomic E-state index is 13.0. The quantitative estimate of drug-likeness (QED) is 0.120. The smallest absolute Gasteiger partial charge is 0.306 e. The van der Waals surface area contributed by atoms with Crippen LogP contribution in [0.1, 0.15) is 82.3 Å². The molecule has 1 saturated heterocycles. The number of hydrogen-bond donors (Lipinski definition) is 0. The van der Waals surface area contributed by atoms with Gasteiger partial charge in [0.05, 0.1) is 29.8 Å². The Labute approximate surface area is 275 Å². The molecule has 8 nitrogen and oxygen atoms in total. The molecule has 3 heterocycles. The Morgan fingerprint density at radius 3 is 2.47 bits per heavy atom. The summed E-state index contributed by atoms with van der Waals surface area (Å²) in [4.78, 5) is 44.1. The normalized spacial score (nSPS) is 15.2. The van der Waals surface area contributed by atoms with Crippen LogP contribution >= 0.6 is 23.1 Å². The lowest BCUT2D eigenvalue weighted by molar-refractivity contribution is -0.145. The number of ether oxygens (including phenoxy) is 1. The topological polar surface area (TPSA) is 83.0 Å². The molecule has 0 bridgehead atoms. The molecule has 45 heavy (non-hydrogen) atoms. The minimum atomic E-state index is -0.396. The van der Waals surface area contributed by atoms with E-state index in [1.165, 1.54) is 47.1 Å². The van der Waals surface area contributed by atoms with Gasteiger partial charge in [0.2, 0.25) is 11.8 Å². The maximum Gasteiger partial charge on any atom is 0.306 e. The largest absolute Gasteiger partial charge is 0.466 e. The molecule has 0 N–H and O–H groups in total. The van der Waals surface area contributed by atoms with Gasteiger partial charge in [-0.05, 0) is 53.7 Å². The number of carbonyl (C=O) groups is 3. The average Bonchev–Trinajstić information content (AvgIpc) is 3.62. The van der Waals surface area contributed by atoms with Crippen molar-refractivity contribution in [1.29, 1.82) is 0 Å². The molecular weight excluding hydrogens is 608 g/mol. The Balaban J connectivity index is 1.04. The standard InChI is InChI=1S/C35H45ClN4O4S/c1-2-3-4-5-6-7-8-11-22-44-34(43)15-14-32(41)40-30-25-29(36)26(23-27(30)24-33(40)42)16-17-38-18-20-39(21-19-38)35-28-12-9-10-13-31(28)45-37-35/h9-10,12-13,23,25H,2-8,11,14-22,24H2,1H3. The van der Waals surface area contributed by atoms with Crippen LogP contribution in [0.5, 0.6) is 0 Å². The van der Waals surface area contributed by atoms with Crippen molar-refractivity contribution in [2.45, 2.75) is 84.0 Å². The molecule has 0 spiro atoms. The third-order valence-corrected chi connectivity index (χ3v) is 10.0. The first-order chi connectivity index (χ1) is 21.9. The molecule has 0 radical (unpaired) electrons. The molecule has 5 rings (SSSR count). The summed E-state index contributed by atoms with van der Waals surface area (Å²) in [6.45, 7) is 7.18. The van der Waals surface area contributed by atoms with E-state index >= 15 is 0 Å². The lowest BCUT2D eigenvalue weighted by Crippen LogP contribution is -2.47. The predicted molar refractivity (Wildman–Crippen MR) is 182 cm³/mol. The molecule has 0 atom stereocenters. The predicted octanol–water partition coefficient (Wildman–Crippen LogP) is 7.19. The fraction of sp³-hybridized carbons (Fsp3) is 0.543. The Bertz CT molecular complexity index is 1470. The van der Waals surface area contributed by atoms with Crippen LogP contribution in [0.25, 0.3) is 10.1 Å². The van der Waals surface area contributed by atoms with Gasteiger partial charge in [-0.25, -0.2) is 4.90 Å². The van der Waals surface area contributed by atoms with Crippen molar-refractivity contribution in [3.8, 4) is 0 Å². The summed E-state index contributed by atoms with van der Waals surface area (Å²) in [6, 6.07) is 12.1. The third-order valence-electron chi connectivity index (χ3n) is 8.86. The van der Waals surface area contributed by atoms with Crippen LogP contribution in [-0.2, 0) is 32.0 Å². The van der Waals surface area contributed by atoms with E-state index in [0.717, 1.165) is 75.4 Å². The lowest BCUT2D eigenvalue weighted by Gasteiger charge is -2.35. The molecule has 0 aliphatic carbocycles. The number of unbranched alkanes of at least 4 members (excludes halogenated alkanes) is 7. The van der Waals surface area contributed by atoms with Gasteiger partial charge in [-0.2, -0.15) is 4.37 Å². The first kappa shape index (κ1) is 33.4. The Hall–Kier alpha value is -3.01. The minimum absolute atomic E-state index is 0.0350. The Kier molecular flexibility index (Phi) is 12.2. The number of hydrogen-bond acceptors (Lipinski definition) is 8. The summed E-state index contributed by atoms with van der Waals surface area (Å²) < 4.78 is 11.2. The van der Waals surface area contributed by atoms with Crippen LogP contribution in [0.4, 0.5) is 11.5 Å². The highest BCUT2D eigenvalue weighted by Crippen LogP contribution is 2.35. The van der Waals surface area contributed by atoms with E-state index < -0.39 is 11.9 Å². The molecule has 2 aliphatic heterocycles. The molecule has 1 aromatic heterocycles. The SMILES string of the molecule is CCCCCCCCCCOC(=O)CCC(=O)N1C(=O)Cc2cc(CCN3CCN(c4nsc5ccccc45)CC3)c(Cl)cc21. The Morgan fingerprint density at radius 1 is 0.956 bits per heavy atom. The summed E-state index contributed by atoms with van der Waals surface area (Å²) in [7, 11) is 0. The van der Waals surface area contributed by atoms with E-state index in [4.69, 9.17) is 20.7 Å². The number of anilines is 2. The summed E-state index contributed by atoms with van der Waals surface area (Å²) >= 11 is 8.24.